The maximum absolute atomic E-state index is 10.4. The summed E-state index contributed by atoms with van der Waals surface area (Å²) in [5.41, 5.74) is 0. The van der Waals surface area contributed by atoms with Crippen molar-refractivity contribution < 1.29 is 9.90 Å². The maximum atomic E-state index is 10.4. The second-order valence-corrected chi connectivity index (χ2v) is 4.26. The van der Waals surface area contributed by atoms with E-state index in [-0.39, 0.29) is 6.54 Å². The number of tetrazole rings is 1. The Morgan fingerprint density at radius 1 is 1.71 bits per heavy atom. The van der Waals surface area contributed by atoms with Crippen LogP contribution in [0.1, 0.15) is 20.3 Å². The Balaban J connectivity index is 2.67. The van der Waals surface area contributed by atoms with Crippen molar-refractivity contribution in [1.29, 1.82) is 0 Å². The van der Waals surface area contributed by atoms with Crippen LogP contribution in [0.25, 0.3) is 0 Å². The molecule has 1 atom stereocenters. The topological polar surface area (TPSA) is 80.9 Å². The molecule has 0 radical (unpaired) electrons. The summed E-state index contributed by atoms with van der Waals surface area (Å²) < 4.78 is 1.29. The van der Waals surface area contributed by atoms with Gasteiger partial charge in [-0.1, -0.05) is 25.6 Å². The number of carbonyl (C=O) groups is 1. The van der Waals surface area contributed by atoms with E-state index in [9.17, 15) is 4.79 Å². The van der Waals surface area contributed by atoms with Gasteiger partial charge in [-0.05, 0) is 16.8 Å². The Morgan fingerprint density at radius 2 is 2.43 bits per heavy atom. The predicted molar refractivity (Wildman–Crippen MR) is 51.1 cm³/mol. The van der Waals surface area contributed by atoms with Crippen molar-refractivity contribution >= 4 is 17.7 Å². The third kappa shape index (κ3) is 2.99. The molecule has 0 fully saturated rings. The van der Waals surface area contributed by atoms with E-state index >= 15 is 0 Å². The second-order valence-electron chi connectivity index (χ2n) is 2.85. The molecule has 1 aromatic heterocycles. The van der Waals surface area contributed by atoms with Crippen LogP contribution < -0.4 is 0 Å². The number of carboxylic acids is 1. The number of hydrogen-bond donors (Lipinski definition) is 1. The molecule has 1 aromatic rings. The number of rotatable bonds is 5. The van der Waals surface area contributed by atoms with Gasteiger partial charge < -0.3 is 5.11 Å². The molecule has 1 rings (SSSR count). The normalized spacial score (nSPS) is 12.7. The van der Waals surface area contributed by atoms with Crippen LogP contribution >= 0.6 is 11.8 Å². The maximum Gasteiger partial charge on any atom is 0.325 e. The molecule has 0 amide bonds. The molecule has 6 nitrogen and oxygen atoms in total. The number of hydrogen-bond acceptors (Lipinski definition) is 5. The van der Waals surface area contributed by atoms with Gasteiger partial charge in [0.05, 0.1) is 0 Å². The summed E-state index contributed by atoms with van der Waals surface area (Å²) in [6.07, 6.45) is 0.991. The first-order valence-corrected chi connectivity index (χ1v) is 5.16. The van der Waals surface area contributed by atoms with E-state index in [1.165, 1.54) is 16.4 Å². The Kier molecular flexibility index (Phi) is 3.87. The molecule has 0 saturated carbocycles. The molecule has 0 spiro atoms. The highest BCUT2D eigenvalue weighted by Crippen LogP contribution is 2.21. The minimum atomic E-state index is -0.941. The van der Waals surface area contributed by atoms with Crippen molar-refractivity contribution in [3.05, 3.63) is 0 Å². The van der Waals surface area contributed by atoms with Gasteiger partial charge in [0.25, 0.3) is 0 Å². The average molecular weight is 216 g/mol. The summed E-state index contributed by atoms with van der Waals surface area (Å²) in [6.45, 7) is 3.92. The molecular weight excluding hydrogens is 204 g/mol. The summed E-state index contributed by atoms with van der Waals surface area (Å²) >= 11 is 1.48. The molecule has 1 N–H and O–H groups in total. The van der Waals surface area contributed by atoms with E-state index in [0.29, 0.717) is 10.4 Å². The lowest BCUT2D eigenvalue weighted by atomic mass is 10.4. The van der Waals surface area contributed by atoms with Gasteiger partial charge in [-0.25, -0.2) is 4.68 Å². The SMILES string of the molecule is CCC(C)Sc1nnnn1CC(=O)O. The number of carboxylic acid groups (broad SMARTS) is 1. The Hall–Kier alpha value is -1.11. The molecule has 14 heavy (non-hydrogen) atoms. The van der Waals surface area contributed by atoms with Gasteiger partial charge >= 0.3 is 5.97 Å². The van der Waals surface area contributed by atoms with E-state index < -0.39 is 5.97 Å². The van der Waals surface area contributed by atoms with Crippen LogP contribution in [-0.4, -0.2) is 36.5 Å². The fourth-order valence-electron chi connectivity index (χ4n) is 0.771. The van der Waals surface area contributed by atoms with E-state index in [0.717, 1.165) is 6.42 Å². The summed E-state index contributed by atoms with van der Waals surface area (Å²) in [5.74, 6) is -0.941. The molecule has 0 aromatic carbocycles. The first-order chi connectivity index (χ1) is 6.63. The fraction of sp³-hybridized carbons (Fsp3) is 0.714. The highest BCUT2D eigenvalue weighted by atomic mass is 32.2. The van der Waals surface area contributed by atoms with Gasteiger partial charge in [0.15, 0.2) is 0 Å². The largest absolute Gasteiger partial charge is 0.480 e. The van der Waals surface area contributed by atoms with Crippen LogP contribution in [-0.2, 0) is 11.3 Å². The van der Waals surface area contributed by atoms with E-state index in [1.807, 2.05) is 6.92 Å². The summed E-state index contributed by atoms with van der Waals surface area (Å²) in [6, 6.07) is 0. The van der Waals surface area contributed by atoms with Gasteiger partial charge in [-0.3, -0.25) is 4.79 Å². The van der Waals surface area contributed by atoms with Gasteiger partial charge in [0.2, 0.25) is 5.16 Å². The highest BCUT2D eigenvalue weighted by molar-refractivity contribution is 7.99. The predicted octanol–water partition coefficient (Wildman–Crippen LogP) is 0.648. The zero-order valence-electron chi connectivity index (χ0n) is 8.04. The van der Waals surface area contributed by atoms with Crippen LogP contribution in [0.3, 0.4) is 0 Å². The van der Waals surface area contributed by atoms with Crippen LogP contribution in [0.2, 0.25) is 0 Å². The average Bonchev–Trinajstić information content (AvgIpc) is 2.52. The van der Waals surface area contributed by atoms with Gasteiger partial charge in [0.1, 0.15) is 6.54 Å². The van der Waals surface area contributed by atoms with Crippen molar-refractivity contribution in [3.63, 3.8) is 0 Å². The van der Waals surface area contributed by atoms with E-state index in [4.69, 9.17) is 5.11 Å². The van der Waals surface area contributed by atoms with Crippen molar-refractivity contribution in [2.45, 2.75) is 37.2 Å². The van der Waals surface area contributed by atoms with Crippen LogP contribution in [0.5, 0.6) is 0 Å². The number of aromatic nitrogens is 4. The zero-order valence-corrected chi connectivity index (χ0v) is 8.86. The van der Waals surface area contributed by atoms with Crippen molar-refractivity contribution in [2.24, 2.45) is 0 Å². The van der Waals surface area contributed by atoms with Crippen molar-refractivity contribution in [1.82, 2.24) is 20.2 Å². The quantitative estimate of drug-likeness (QED) is 0.728. The standard InChI is InChI=1S/C7H12N4O2S/c1-3-5(2)14-7-8-9-10-11(7)4-6(12)13/h5H,3-4H2,1-2H3,(H,12,13). The smallest absolute Gasteiger partial charge is 0.325 e. The zero-order chi connectivity index (χ0) is 10.6. The minimum absolute atomic E-state index is 0.189. The third-order valence-electron chi connectivity index (χ3n) is 1.67. The molecule has 1 heterocycles. The number of thioether (sulfide) groups is 1. The first kappa shape index (κ1) is 11.0. The van der Waals surface area contributed by atoms with Gasteiger partial charge in [0, 0.05) is 5.25 Å². The Labute approximate surface area is 85.7 Å². The van der Waals surface area contributed by atoms with Crippen LogP contribution in [0.4, 0.5) is 0 Å². The lowest BCUT2D eigenvalue weighted by Crippen LogP contribution is -2.12. The third-order valence-corrected chi connectivity index (χ3v) is 2.90. The Bertz CT molecular complexity index is 314. The lowest BCUT2D eigenvalue weighted by Gasteiger charge is -2.06. The number of nitrogens with zero attached hydrogens (tertiary/aromatic N) is 4. The Morgan fingerprint density at radius 3 is 3.00 bits per heavy atom. The molecule has 0 aliphatic carbocycles. The molecule has 7 heteroatoms. The van der Waals surface area contributed by atoms with E-state index in [1.54, 1.807) is 0 Å². The highest BCUT2D eigenvalue weighted by Gasteiger charge is 2.12. The van der Waals surface area contributed by atoms with Crippen LogP contribution in [0, 0.1) is 0 Å². The van der Waals surface area contributed by atoms with Crippen molar-refractivity contribution in [2.75, 3.05) is 0 Å². The number of aliphatic carboxylic acids is 1. The summed E-state index contributed by atoms with van der Waals surface area (Å²) in [4.78, 5) is 10.4. The van der Waals surface area contributed by atoms with Gasteiger partial charge in [-0.2, -0.15) is 0 Å². The minimum Gasteiger partial charge on any atom is -0.480 e. The summed E-state index contributed by atoms with van der Waals surface area (Å²) in [5, 5.41) is 20.3. The monoisotopic (exact) mass is 216 g/mol. The van der Waals surface area contributed by atoms with Crippen LogP contribution in [0.15, 0.2) is 5.16 Å². The molecular formula is C7H12N4O2S. The van der Waals surface area contributed by atoms with Crippen molar-refractivity contribution in [3.8, 4) is 0 Å². The van der Waals surface area contributed by atoms with E-state index in [2.05, 4.69) is 22.4 Å². The fourth-order valence-corrected chi connectivity index (χ4v) is 1.60. The molecule has 0 aliphatic heterocycles. The molecule has 0 bridgehead atoms. The lowest BCUT2D eigenvalue weighted by molar-refractivity contribution is -0.138. The van der Waals surface area contributed by atoms with Gasteiger partial charge in [-0.15, -0.1) is 5.10 Å². The first-order valence-electron chi connectivity index (χ1n) is 4.28. The molecule has 0 saturated heterocycles. The molecule has 78 valence electrons. The summed E-state index contributed by atoms with van der Waals surface area (Å²) in [7, 11) is 0. The second kappa shape index (κ2) is 4.94. The molecule has 1 unspecified atom stereocenters. The molecule has 0 aliphatic rings.